The van der Waals surface area contributed by atoms with Crippen LogP contribution in [0.4, 0.5) is 0 Å². The lowest BCUT2D eigenvalue weighted by Crippen LogP contribution is -2.48. The summed E-state index contributed by atoms with van der Waals surface area (Å²) in [5, 5.41) is 0. The van der Waals surface area contributed by atoms with Crippen LogP contribution in [0.3, 0.4) is 0 Å². The molecule has 5 nitrogen and oxygen atoms in total. The van der Waals surface area contributed by atoms with E-state index in [1.54, 1.807) is 0 Å². The second-order valence-corrected chi connectivity index (χ2v) is 4.51. The minimum Gasteiger partial charge on any atom is -0.367 e. The summed E-state index contributed by atoms with van der Waals surface area (Å²) in [5.41, 5.74) is 7.50. The molecule has 1 fully saturated rings. The van der Waals surface area contributed by atoms with E-state index in [1.165, 1.54) is 5.56 Å². The van der Waals surface area contributed by atoms with E-state index in [-0.39, 0.29) is 0 Å². The number of aryl methyl sites for hydroxylation is 1. The molecule has 98 valence electrons. The molecule has 0 bridgehead atoms. The summed E-state index contributed by atoms with van der Waals surface area (Å²) < 4.78 is 5.31. The highest BCUT2D eigenvalue weighted by atomic mass is 16.5. The van der Waals surface area contributed by atoms with Crippen molar-refractivity contribution >= 4 is 5.91 Å². The van der Waals surface area contributed by atoms with Crippen molar-refractivity contribution in [3.05, 3.63) is 29.6 Å². The van der Waals surface area contributed by atoms with Crippen LogP contribution in [0.5, 0.6) is 0 Å². The molecule has 2 N–H and O–H groups in total. The molecule has 0 aromatic carbocycles. The predicted octanol–water partition coefficient (Wildman–Crippen LogP) is 0.330. The zero-order valence-corrected chi connectivity index (χ0v) is 10.6. The summed E-state index contributed by atoms with van der Waals surface area (Å²) >= 11 is 0. The third kappa shape index (κ3) is 3.27. The Labute approximate surface area is 107 Å². The number of carbonyl (C=O) groups excluding carboxylic acids is 1. The van der Waals surface area contributed by atoms with Gasteiger partial charge >= 0.3 is 0 Å². The second-order valence-electron chi connectivity index (χ2n) is 4.51. The molecule has 5 heteroatoms. The molecular weight excluding hydrogens is 230 g/mol. The van der Waals surface area contributed by atoms with Gasteiger partial charge in [0.2, 0.25) is 5.91 Å². The number of pyridine rings is 1. The Morgan fingerprint density at radius 1 is 1.61 bits per heavy atom. The third-order valence-electron chi connectivity index (χ3n) is 3.15. The number of hydrogen-bond donors (Lipinski definition) is 1. The Hall–Kier alpha value is -1.46. The summed E-state index contributed by atoms with van der Waals surface area (Å²) in [4.78, 5) is 17.7. The van der Waals surface area contributed by atoms with Crippen LogP contribution in [0.25, 0.3) is 0 Å². The van der Waals surface area contributed by atoms with Gasteiger partial charge in [0.1, 0.15) is 6.10 Å². The number of aromatic nitrogens is 1. The smallest absolute Gasteiger partial charge is 0.247 e. The molecule has 0 aliphatic carbocycles. The lowest BCUT2D eigenvalue weighted by molar-refractivity contribution is -0.135. The second kappa shape index (κ2) is 5.93. The van der Waals surface area contributed by atoms with Crippen LogP contribution >= 0.6 is 0 Å². The van der Waals surface area contributed by atoms with Crippen LogP contribution in [-0.2, 0) is 22.5 Å². The molecule has 0 saturated carbocycles. The molecule has 1 aliphatic heterocycles. The molecule has 1 amide bonds. The van der Waals surface area contributed by atoms with Gasteiger partial charge in [-0.25, -0.2) is 0 Å². The predicted molar refractivity (Wildman–Crippen MR) is 67.8 cm³/mol. The molecular formula is C13H19N3O2. The van der Waals surface area contributed by atoms with Gasteiger partial charge in [0.05, 0.1) is 12.3 Å². The van der Waals surface area contributed by atoms with Crippen LogP contribution in [0.2, 0.25) is 0 Å². The highest BCUT2D eigenvalue weighted by molar-refractivity contribution is 5.79. The van der Waals surface area contributed by atoms with Gasteiger partial charge in [0.15, 0.2) is 0 Å². The van der Waals surface area contributed by atoms with Crippen molar-refractivity contribution in [1.29, 1.82) is 0 Å². The molecule has 1 saturated heterocycles. The quantitative estimate of drug-likeness (QED) is 0.835. The largest absolute Gasteiger partial charge is 0.367 e. The van der Waals surface area contributed by atoms with Gasteiger partial charge in [-0.1, -0.05) is 13.0 Å². The lowest BCUT2D eigenvalue weighted by atomic mass is 10.2. The zero-order valence-electron chi connectivity index (χ0n) is 10.6. The van der Waals surface area contributed by atoms with Crippen molar-refractivity contribution in [3.8, 4) is 0 Å². The number of nitrogens with zero attached hydrogens (tertiary/aromatic N) is 2. The van der Waals surface area contributed by atoms with Crippen molar-refractivity contribution in [2.75, 3.05) is 19.7 Å². The Bertz CT molecular complexity index is 405. The molecule has 1 aliphatic rings. The van der Waals surface area contributed by atoms with Gasteiger partial charge in [-0.05, 0) is 18.1 Å². The minimum atomic E-state index is -0.492. The van der Waals surface area contributed by atoms with Crippen LogP contribution in [0.15, 0.2) is 18.3 Å². The zero-order chi connectivity index (χ0) is 13.0. The normalized spacial score (nSPS) is 20.8. The van der Waals surface area contributed by atoms with Crippen molar-refractivity contribution in [2.45, 2.75) is 26.0 Å². The standard InChI is InChI=1S/C13H19N3O2/c1-2-10-3-4-11(15-7-10)8-16-5-6-18-12(9-16)13(14)17/h3-4,7,12H,2,5-6,8-9H2,1H3,(H2,14,17)/t12-/m0/s1. The molecule has 1 atom stereocenters. The van der Waals surface area contributed by atoms with Crippen LogP contribution in [-0.4, -0.2) is 41.6 Å². The van der Waals surface area contributed by atoms with Crippen molar-refractivity contribution in [2.24, 2.45) is 5.73 Å². The number of amides is 1. The summed E-state index contributed by atoms with van der Waals surface area (Å²) in [5.74, 6) is -0.394. The average Bonchev–Trinajstić information content (AvgIpc) is 2.40. The van der Waals surface area contributed by atoms with Crippen LogP contribution < -0.4 is 5.73 Å². The minimum absolute atomic E-state index is 0.394. The van der Waals surface area contributed by atoms with E-state index < -0.39 is 12.0 Å². The number of morpholine rings is 1. The van der Waals surface area contributed by atoms with Crippen molar-refractivity contribution < 1.29 is 9.53 Å². The van der Waals surface area contributed by atoms with Gasteiger partial charge in [-0.3, -0.25) is 14.7 Å². The van der Waals surface area contributed by atoms with E-state index in [4.69, 9.17) is 10.5 Å². The van der Waals surface area contributed by atoms with Gasteiger partial charge in [0, 0.05) is 25.8 Å². The van der Waals surface area contributed by atoms with E-state index in [9.17, 15) is 4.79 Å². The molecule has 1 aromatic rings. The maximum Gasteiger partial charge on any atom is 0.247 e. The fourth-order valence-electron chi connectivity index (χ4n) is 2.01. The lowest BCUT2D eigenvalue weighted by Gasteiger charge is -2.30. The van der Waals surface area contributed by atoms with E-state index in [0.29, 0.717) is 13.2 Å². The van der Waals surface area contributed by atoms with Crippen LogP contribution in [0.1, 0.15) is 18.2 Å². The number of rotatable bonds is 4. The van der Waals surface area contributed by atoms with Gasteiger partial charge in [-0.2, -0.15) is 0 Å². The highest BCUT2D eigenvalue weighted by Gasteiger charge is 2.24. The Morgan fingerprint density at radius 3 is 3.06 bits per heavy atom. The van der Waals surface area contributed by atoms with Gasteiger partial charge < -0.3 is 10.5 Å². The van der Waals surface area contributed by atoms with Crippen molar-refractivity contribution in [1.82, 2.24) is 9.88 Å². The summed E-state index contributed by atoms with van der Waals surface area (Å²) in [6.07, 6.45) is 2.41. The third-order valence-corrected chi connectivity index (χ3v) is 3.15. The first-order chi connectivity index (χ1) is 8.69. The molecule has 2 heterocycles. The Morgan fingerprint density at radius 2 is 2.44 bits per heavy atom. The Balaban J connectivity index is 1.93. The maximum atomic E-state index is 11.1. The average molecular weight is 249 g/mol. The van der Waals surface area contributed by atoms with E-state index in [0.717, 1.165) is 25.2 Å². The Kier molecular flexibility index (Phi) is 4.28. The molecule has 0 unspecified atom stereocenters. The molecule has 0 spiro atoms. The fraction of sp³-hybridized carbons (Fsp3) is 0.538. The number of hydrogen-bond acceptors (Lipinski definition) is 4. The first-order valence-electron chi connectivity index (χ1n) is 6.26. The fourth-order valence-corrected chi connectivity index (χ4v) is 2.01. The summed E-state index contributed by atoms with van der Waals surface area (Å²) in [7, 11) is 0. The molecule has 0 radical (unpaired) electrons. The number of carbonyl (C=O) groups is 1. The number of ether oxygens (including phenoxy) is 1. The van der Waals surface area contributed by atoms with E-state index >= 15 is 0 Å². The number of primary amides is 1. The topological polar surface area (TPSA) is 68.5 Å². The van der Waals surface area contributed by atoms with E-state index in [2.05, 4.69) is 22.9 Å². The highest BCUT2D eigenvalue weighted by Crippen LogP contribution is 2.09. The first kappa shape index (κ1) is 13.0. The molecule has 2 rings (SSSR count). The maximum absolute atomic E-state index is 11.1. The first-order valence-corrected chi connectivity index (χ1v) is 6.26. The van der Waals surface area contributed by atoms with Crippen molar-refractivity contribution in [3.63, 3.8) is 0 Å². The summed E-state index contributed by atoms with van der Waals surface area (Å²) in [6, 6.07) is 4.13. The van der Waals surface area contributed by atoms with E-state index in [1.807, 2.05) is 12.3 Å². The van der Waals surface area contributed by atoms with Gasteiger partial charge in [0.25, 0.3) is 0 Å². The molecule has 1 aromatic heterocycles. The number of nitrogens with two attached hydrogens (primary N) is 1. The van der Waals surface area contributed by atoms with Crippen LogP contribution in [0, 0.1) is 0 Å². The monoisotopic (exact) mass is 249 g/mol. The SMILES string of the molecule is CCc1ccc(CN2CCO[C@H](C(N)=O)C2)nc1. The summed E-state index contributed by atoms with van der Waals surface area (Å²) in [6.45, 7) is 4.74. The van der Waals surface area contributed by atoms with Gasteiger partial charge in [-0.15, -0.1) is 0 Å². The molecule has 18 heavy (non-hydrogen) atoms.